The molecule has 0 aromatic carbocycles. The molecule has 5 rings (SSSR count). The zero-order valence-electron chi connectivity index (χ0n) is 14.4. The molecule has 5 heteroatoms. The van der Waals surface area contributed by atoms with Crippen LogP contribution in [0.25, 0.3) is 0 Å². The number of carbonyl (C=O) groups is 2. The number of amides is 2. The first-order valence-corrected chi connectivity index (χ1v) is 10.2. The number of carbonyl (C=O) groups excluding carboxylic acids is 2. The summed E-state index contributed by atoms with van der Waals surface area (Å²) in [5.74, 6) is 2.99. The fourth-order valence-corrected chi connectivity index (χ4v) is 6.56. The molecule has 4 aliphatic carbocycles. The van der Waals surface area contributed by atoms with Gasteiger partial charge in [0.05, 0.1) is 0 Å². The summed E-state index contributed by atoms with van der Waals surface area (Å²) in [6.45, 7) is 1.55. The maximum absolute atomic E-state index is 12.9. The third-order valence-corrected chi connectivity index (χ3v) is 7.27. The van der Waals surface area contributed by atoms with Gasteiger partial charge in [-0.25, -0.2) is 0 Å². The van der Waals surface area contributed by atoms with Crippen molar-refractivity contribution in [2.24, 2.45) is 23.2 Å². The summed E-state index contributed by atoms with van der Waals surface area (Å²) in [6.07, 6.45) is 10.7. The maximum Gasteiger partial charge on any atom is 0.235 e. The van der Waals surface area contributed by atoms with Crippen LogP contribution in [0.5, 0.6) is 0 Å². The molecule has 1 aliphatic heterocycles. The molecule has 5 fully saturated rings. The molecule has 0 unspecified atom stereocenters. The van der Waals surface area contributed by atoms with Crippen molar-refractivity contribution < 1.29 is 9.59 Å². The zero-order chi connectivity index (χ0) is 16.7. The lowest BCUT2D eigenvalue weighted by atomic mass is 9.49. The van der Waals surface area contributed by atoms with E-state index < -0.39 is 0 Å². The van der Waals surface area contributed by atoms with Crippen molar-refractivity contribution >= 4 is 23.4 Å². The Bertz CT molecular complexity index is 478. The van der Waals surface area contributed by atoms with Gasteiger partial charge in [0.2, 0.25) is 11.8 Å². The molecule has 1 saturated heterocycles. The third kappa shape index (κ3) is 3.31. The maximum atomic E-state index is 12.9. The van der Waals surface area contributed by atoms with Crippen LogP contribution in [0, 0.1) is 23.2 Å². The standard InChI is InChI=1S/C19H29ClN2O2/c20-12-17(23)21-16-1-3-22(4-2-16)18(24)11-19-8-13-5-14(9-19)7-15(6-13)10-19/h13-16H,1-12H2,(H,21,23). The van der Waals surface area contributed by atoms with Crippen LogP contribution >= 0.6 is 11.6 Å². The van der Waals surface area contributed by atoms with Gasteiger partial charge in [0.1, 0.15) is 5.88 Å². The quantitative estimate of drug-likeness (QED) is 0.791. The molecule has 4 nitrogen and oxygen atoms in total. The molecular formula is C19H29ClN2O2. The van der Waals surface area contributed by atoms with Crippen molar-refractivity contribution in [3.63, 3.8) is 0 Å². The Kier molecular flexibility index (Phi) is 4.53. The fourth-order valence-electron chi connectivity index (χ4n) is 6.48. The summed E-state index contributed by atoms with van der Waals surface area (Å²) in [7, 11) is 0. The van der Waals surface area contributed by atoms with Gasteiger partial charge in [-0.3, -0.25) is 9.59 Å². The van der Waals surface area contributed by atoms with Crippen LogP contribution in [0.4, 0.5) is 0 Å². The molecule has 0 spiro atoms. The first-order valence-electron chi connectivity index (χ1n) is 9.68. The van der Waals surface area contributed by atoms with Gasteiger partial charge >= 0.3 is 0 Å². The molecule has 0 aromatic heterocycles. The molecule has 24 heavy (non-hydrogen) atoms. The smallest absolute Gasteiger partial charge is 0.235 e. The van der Waals surface area contributed by atoms with Crippen LogP contribution < -0.4 is 5.32 Å². The van der Waals surface area contributed by atoms with Gasteiger partial charge in [-0.1, -0.05) is 0 Å². The second-order valence-electron chi connectivity index (χ2n) is 8.95. The van der Waals surface area contributed by atoms with Crippen LogP contribution in [-0.2, 0) is 9.59 Å². The molecule has 134 valence electrons. The topological polar surface area (TPSA) is 49.4 Å². The number of nitrogens with one attached hydrogen (secondary N) is 1. The van der Waals surface area contributed by atoms with E-state index in [9.17, 15) is 9.59 Å². The summed E-state index contributed by atoms with van der Waals surface area (Å²) in [5, 5.41) is 2.95. The number of likely N-dealkylation sites (tertiary alicyclic amines) is 1. The van der Waals surface area contributed by atoms with E-state index in [-0.39, 0.29) is 17.8 Å². The fraction of sp³-hybridized carbons (Fsp3) is 0.895. The summed E-state index contributed by atoms with van der Waals surface area (Å²) in [5.41, 5.74) is 0.329. The number of rotatable bonds is 4. The molecule has 0 radical (unpaired) electrons. The molecule has 0 atom stereocenters. The van der Waals surface area contributed by atoms with Gasteiger partial charge < -0.3 is 10.2 Å². The van der Waals surface area contributed by atoms with Crippen LogP contribution in [0.2, 0.25) is 0 Å². The van der Waals surface area contributed by atoms with E-state index in [1.54, 1.807) is 0 Å². The normalized spacial score (nSPS) is 38.4. The number of nitrogens with zero attached hydrogens (tertiary/aromatic N) is 1. The van der Waals surface area contributed by atoms with Gasteiger partial charge in [0.15, 0.2) is 0 Å². The van der Waals surface area contributed by atoms with E-state index in [4.69, 9.17) is 11.6 Å². The Hall–Kier alpha value is -0.770. The average molecular weight is 353 g/mol. The first kappa shape index (κ1) is 16.7. The minimum Gasteiger partial charge on any atom is -0.352 e. The van der Waals surface area contributed by atoms with Crippen LogP contribution in [0.1, 0.15) is 57.8 Å². The SMILES string of the molecule is O=C(CCl)NC1CCN(C(=O)CC23CC4CC(CC(C4)C2)C3)CC1. The van der Waals surface area contributed by atoms with Crippen molar-refractivity contribution in [1.82, 2.24) is 10.2 Å². The highest BCUT2D eigenvalue weighted by atomic mass is 35.5. The van der Waals surface area contributed by atoms with Gasteiger partial charge in [-0.05, 0) is 74.5 Å². The number of hydrogen-bond donors (Lipinski definition) is 1. The Morgan fingerprint density at radius 1 is 1.00 bits per heavy atom. The van der Waals surface area contributed by atoms with Gasteiger partial charge in [-0.2, -0.15) is 0 Å². The Balaban J connectivity index is 1.30. The average Bonchev–Trinajstić information content (AvgIpc) is 2.53. The summed E-state index contributed by atoms with van der Waals surface area (Å²) >= 11 is 5.55. The van der Waals surface area contributed by atoms with Crippen LogP contribution in [0.3, 0.4) is 0 Å². The van der Waals surface area contributed by atoms with Crippen molar-refractivity contribution in [2.75, 3.05) is 19.0 Å². The lowest BCUT2D eigenvalue weighted by Gasteiger charge is -2.57. The number of alkyl halides is 1. The van der Waals surface area contributed by atoms with Gasteiger partial charge in [-0.15, -0.1) is 11.6 Å². The van der Waals surface area contributed by atoms with Gasteiger partial charge in [0.25, 0.3) is 0 Å². The highest BCUT2D eigenvalue weighted by molar-refractivity contribution is 6.27. The van der Waals surface area contributed by atoms with Crippen molar-refractivity contribution in [3.8, 4) is 0 Å². The van der Waals surface area contributed by atoms with Gasteiger partial charge in [0, 0.05) is 25.6 Å². The molecule has 2 amide bonds. The highest BCUT2D eigenvalue weighted by Gasteiger charge is 2.51. The van der Waals surface area contributed by atoms with Crippen LogP contribution in [0.15, 0.2) is 0 Å². The highest BCUT2D eigenvalue weighted by Crippen LogP contribution is 2.61. The lowest BCUT2D eigenvalue weighted by molar-refractivity contribution is -0.140. The Labute approximate surface area is 149 Å². The monoisotopic (exact) mass is 352 g/mol. The van der Waals surface area contributed by atoms with E-state index in [2.05, 4.69) is 5.32 Å². The summed E-state index contributed by atoms with van der Waals surface area (Å²) in [6, 6.07) is 0.180. The molecule has 4 saturated carbocycles. The van der Waals surface area contributed by atoms with Crippen LogP contribution in [-0.4, -0.2) is 41.7 Å². The second kappa shape index (κ2) is 6.51. The van der Waals surface area contributed by atoms with E-state index in [0.29, 0.717) is 11.3 Å². The van der Waals surface area contributed by atoms with Crippen molar-refractivity contribution in [2.45, 2.75) is 63.8 Å². The first-order chi connectivity index (χ1) is 11.5. The zero-order valence-corrected chi connectivity index (χ0v) is 15.2. The predicted octanol–water partition coefficient (Wildman–Crippen LogP) is 2.94. The minimum atomic E-state index is -0.102. The third-order valence-electron chi connectivity index (χ3n) is 7.03. The number of piperidine rings is 1. The summed E-state index contributed by atoms with van der Waals surface area (Å²) in [4.78, 5) is 26.3. The second-order valence-corrected chi connectivity index (χ2v) is 9.22. The molecule has 0 aromatic rings. The number of hydrogen-bond acceptors (Lipinski definition) is 2. The molecule has 4 bridgehead atoms. The Morgan fingerprint density at radius 3 is 2.04 bits per heavy atom. The van der Waals surface area contributed by atoms with E-state index in [1.165, 1.54) is 38.5 Å². The van der Waals surface area contributed by atoms with Crippen molar-refractivity contribution in [1.29, 1.82) is 0 Å². The molecule has 1 N–H and O–H groups in total. The van der Waals surface area contributed by atoms with E-state index >= 15 is 0 Å². The molecular weight excluding hydrogens is 324 g/mol. The van der Waals surface area contributed by atoms with E-state index in [1.807, 2.05) is 4.90 Å². The molecule has 5 aliphatic rings. The Morgan fingerprint density at radius 2 is 1.54 bits per heavy atom. The molecule has 1 heterocycles. The lowest BCUT2D eigenvalue weighted by Crippen LogP contribution is -2.50. The predicted molar refractivity (Wildman–Crippen MR) is 93.7 cm³/mol. The summed E-state index contributed by atoms with van der Waals surface area (Å²) < 4.78 is 0. The van der Waals surface area contributed by atoms with E-state index in [0.717, 1.165) is 50.1 Å². The minimum absolute atomic E-state index is 0.0190. The van der Waals surface area contributed by atoms with Crippen molar-refractivity contribution in [3.05, 3.63) is 0 Å². The largest absolute Gasteiger partial charge is 0.352 e. The number of halogens is 1.